The predicted molar refractivity (Wildman–Crippen MR) is 221 cm³/mol. The summed E-state index contributed by atoms with van der Waals surface area (Å²) in [6, 6.07) is 0. The van der Waals surface area contributed by atoms with Crippen LogP contribution in [-0.2, 0) is 28.6 Å². The molecule has 0 bridgehead atoms. The molecule has 1 aliphatic heterocycles. The number of likely N-dealkylation sites (tertiary alicyclic amines) is 1. The van der Waals surface area contributed by atoms with Crippen LogP contribution >= 0.6 is 0 Å². The van der Waals surface area contributed by atoms with Crippen LogP contribution in [0.2, 0.25) is 0 Å². The van der Waals surface area contributed by atoms with E-state index < -0.39 is 17.0 Å². The lowest BCUT2D eigenvalue weighted by atomic mass is 9.32. The Balaban J connectivity index is 1.15. The van der Waals surface area contributed by atoms with Gasteiger partial charge in [0.2, 0.25) is 0 Å². The predicted octanol–water partition coefficient (Wildman–Crippen LogP) is 10.8. The maximum atomic E-state index is 13.5. The number of esters is 2. The number of amides is 1. The third kappa shape index (κ3) is 8.05. The molecule has 9 nitrogen and oxygen atoms in total. The second-order valence-electron chi connectivity index (χ2n) is 23.1. The van der Waals surface area contributed by atoms with Crippen LogP contribution in [0.4, 0.5) is 4.79 Å². The van der Waals surface area contributed by atoms with Gasteiger partial charge in [0.1, 0.15) is 17.8 Å². The number of fused-ring (bicyclic) bond motifs is 7. The van der Waals surface area contributed by atoms with Crippen molar-refractivity contribution in [3.63, 3.8) is 0 Å². The van der Waals surface area contributed by atoms with Crippen LogP contribution in [-0.4, -0.2) is 64.9 Å². The van der Waals surface area contributed by atoms with Crippen molar-refractivity contribution in [3.8, 4) is 0 Å². The first kappa shape index (κ1) is 44.0. The van der Waals surface area contributed by atoms with Gasteiger partial charge in [-0.05, 0) is 155 Å². The summed E-state index contributed by atoms with van der Waals surface area (Å²) >= 11 is 0. The van der Waals surface area contributed by atoms with E-state index in [1.54, 1.807) is 4.90 Å². The van der Waals surface area contributed by atoms with Crippen LogP contribution in [0.25, 0.3) is 0 Å². The summed E-state index contributed by atoms with van der Waals surface area (Å²) in [5, 5.41) is 9.37. The Labute approximate surface area is 344 Å². The minimum Gasteiger partial charge on any atom is -0.481 e. The number of carboxylic acids is 1. The minimum atomic E-state index is -0.892. The molecule has 5 unspecified atom stereocenters. The van der Waals surface area contributed by atoms with Crippen LogP contribution in [0.5, 0.6) is 0 Å². The summed E-state index contributed by atoms with van der Waals surface area (Å²) in [6.07, 6.45) is 12.4. The van der Waals surface area contributed by atoms with E-state index in [0.717, 1.165) is 44.9 Å². The van der Waals surface area contributed by atoms with E-state index in [1.165, 1.54) is 31.3 Å². The summed E-state index contributed by atoms with van der Waals surface area (Å²) in [5.74, 6) is 1.26. The van der Waals surface area contributed by atoms with Crippen molar-refractivity contribution in [1.82, 2.24) is 4.90 Å². The SMILES string of the molecule is C=C(C)[C@@H]1CC[C@]2(CCC(=O)OC3CCN(C(=O)OC(C)(C)C)C3)CC[C@]3(C)[C@H](CCC4[C@@]5(C)CCC(OC(=O)CC(C)(C)CC(=O)O)C(C)(C)C5CC[C@]43C)C12. The van der Waals surface area contributed by atoms with Crippen LogP contribution in [0, 0.1) is 62.1 Å². The molecule has 322 valence electrons. The molecule has 57 heavy (non-hydrogen) atoms. The molecule has 0 aromatic rings. The first-order chi connectivity index (χ1) is 26.3. The van der Waals surface area contributed by atoms with Crippen molar-refractivity contribution < 1.29 is 38.5 Å². The fourth-order valence-electron chi connectivity index (χ4n) is 14.9. The van der Waals surface area contributed by atoms with Crippen molar-refractivity contribution >= 4 is 24.0 Å². The molecule has 0 aromatic carbocycles. The van der Waals surface area contributed by atoms with Crippen molar-refractivity contribution in [1.29, 1.82) is 0 Å². The van der Waals surface area contributed by atoms with E-state index in [2.05, 4.69) is 48.1 Å². The smallest absolute Gasteiger partial charge is 0.410 e. The maximum Gasteiger partial charge on any atom is 0.410 e. The third-order valence-electron chi connectivity index (χ3n) is 17.6. The normalized spacial score (nSPS) is 39.8. The largest absolute Gasteiger partial charge is 0.481 e. The second kappa shape index (κ2) is 15.2. The molecule has 6 rings (SSSR count). The number of rotatable bonds is 10. The van der Waals surface area contributed by atoms with E-state index in [0.29, 0.717) is 55.5 Å². The molecular weight excluding hydrogens is 719 g/mol. The molecule has 0 aromatic heterocycles. The van der Waals surface area contributed by atoms with Gasteiger partial charge in [-0.15, -0.1) is 0 Å². The van der Waals surface area contributed by atoms with Crippen molar-refractivity contribution in [2.45, 2.75) is 190 Å². The van der Waals surface area contributed by atoms with Crippen molar-refractivity contribution in [2.75, 3.05) is 13.1 Å². The van der Waals surface area contributed by atoms with Crippen molar-refractivity contribution in [3.05, 3.63) is 12.2 Å². The average molecular weight is 796 g/mol. The molecule has 11 atom stereocenters. The average Bonchev–Trinajstić information content (AvgIpc) is 3.69. The minimum absolute atomic E-state index is 0.0589. The first-order valence-corrected chi connectivity index (χ1v) is 22.5. The number of hydrogen-bond acceptors (Lipinski definition) is 7. The molecule has 5 saturated carbocycles. The number of nitrogens with zero attached hydrogens (tertiary/aromatic N) is 1. The lowest BCUT2D eigenvalue weighted by molar-refractivity contribution is -0.250. The topological polar surface area (TPSA) is 119 Å². The van der Waals surface area contributed by atoms with Crippen LogP contribution < -0.4 is 0 Å². The number of carboxylic acid groups (broad SMARTS) is 1. The van der Waals surface area contributed by atoms with Gasteiger partial charge in [0.25, 0.3) is 0 Å². The summed E-state index contributed by atoms with van der Waals surface area (Å²) in [6.45, 7) is 29.5. The fraction of sp³-hybridized carbons (Fsp3) is 0.875. The standard InChI is InChI=1S/C48H77NO8/c1-30(2)32-15-22-48(23-18-38(52)55-31-19-26-49(29-31)41(54)57-42(3,4)5)25-24-46(11)33(40(32)48)13-14-35-45(10)20-17-36(44(8,9)34(45)16-21-47(35,46)12)56-39(53)28-43(6,7)27-37(50)51/h31-36,40H,1,13-29H2,2-12H3,(H,50,51)/t31?,32-,33+,34?,35?,36?,40?,45-,46+,47+,48-/m0/s1. The highest BCUT2D eigenvalue weighted by Gasteiger charge is 2.71. The molecular formula is C48H77NO8. The molecule has 1 amide bonds. The Kier molecular flexibility index (Phi) is 11.7. The number of carbonyl (C=O) groups excluding carboxylic acids is 3. The Morgan fingerprint density at radius 1 is 0.772 bits per heavy atom. The zero-order valence-electron chi connectivity index (χ0n) is 37.5. The molecule has 0 radical (unpaired) electrons. The molecule has 0 spiro atoms. The third-order valence-corrected chi connectivity index (χ3v) is 17.6. The molecule has 6 fully saturated rings. The Bertz CT molecular complexity index is 1590. The van der Waals surface area contributed by atoms with E-state index in [-0.39, 0.29) is 70.2 Å². The highest BCUT2D eigenvalue weighted by Crippen LogP contribution is 2.78. The van der Waals surface area contributed by atoms with Gasteiger partial charge < -0.3 is 24.2 Å². The van der Waals surface area contributed by atoms with Crippen LogP contribution in [0.15, 0.2) is 12.2 Å². The van der Waals surface area contributed by atoms with Gasteiger partial charge in [-0.2, -0.15) is 0 Å². The van der Waals surface area contributed by atoms with E-state index in [1.807, 2.05) is 34.6 Å². The summed E-state index contributed by atoms with van der Waals surface area (Å²) in [4.78, 5) is 52.5. The fourth-order valence-corrected chi connectivity index (χ4v) is 14.9. The Morgan fingerprint density at radius 2 is 1.47 bits per heavy atom. The van der Waals surface area contributed by atoms with Gasteiger partial charge in [0, 0.05) is 24.8 Å². The zero-order valence-corrected chi connectivity index (χ0v) is 37.5. The van der Waals surface area contributed by atoms with Crippen LogP contribution in [0.1, 0.15) is 172 Å². The Morgan fingerprint density at radius 3 is 2.12 bits per heavy atom. The highest BCUT2D eigenvalue weighted by molar-refractivity contribution is 5.73. The molecule has 5 aliphatic carbocycles. The summed E-state index contributed by atoms with van der Waals surface area (Å²) < 4.78 is 17.9. The quantitative estimate of drug-likeness (QED) is 0.132. The summed E-state index contributed by atoms with van der Waals surface area (Å²) in [7, 11) is 0. The number of ether oxygens (including phenoxy) is 3. The Hall–Kier alpha value is -2.58. The second-order valence-corrected chi connectivity index (χ2v) is 23.1. The zero-order chi connectivity index (χ0) is 42.1. The molecule has 6 aliphatic rings. The molecule has 1 heterocycles. The molecule has 9 heteroatoms. The number of aliphatic carboxylic acids is 1. The van der Waals surface area contributed by atoms with E-state index in [4.69, 9.17) is 14.2 Å². The highest BCUT2D eigenvalue weighted by atomic mass is 16.6. The number of hydrogen-bond donors (Lipinski definition) is 1. The number of carbonyl (C=O) groups is 4. The first-order valence-electron chi connectivity index (χ1n) is 22.5. The van der Waals surface area contributed by atoms with Crippen molar-refractivity contribution in [2.24, 2.45) is 62.1 Å². The van der Waals surface area contributed by atoms with Gasteiger partial charge >= 0.3 is 24.0 Å². The van der Waals surface area contributed by atoms with Gasteiger partial charge in [0.05, 0.1) is 19.4 Å². The monoisotopic (exact) mass is 796 g/mol. The maximum absolute atomic E-state index is 13.5. The van der Waals surface area contributed by atoms with E-state index in [9.17, 15) is 24.3 Å². The van der Waals surface area contributed by atoms with Gasteiger partial charge in [-0.3, -0.25) is 14.4 Å². The van der Waals surface area contributed by atoms with E-state index >= 15 is 0 Å². The van der Waals surface area contributed by atoms with Gasteiger partial charge in [-0.1, -0.05) is 60.6 Å². The molecule has 1 N–H and O–H groups in total. The van der Waals surface area contributed by atoms with Crippen LogP contribution in [0.3, 0.4) is 0 Å². The number of allylic oxidation sites excluding steroid dienone is 1. The van der Waals surface area contributed by atoms with Gasteiger partial charge in [-0.25, -0.2) is 4.79 Å². The summed E-state index contributed by atoms with van der Waals surface area (Å²) in [5.41, 5.74) is 0.502. The van der Waals surface area contributed by atoms with Gasteiger partial charge in [0.15, 0.2) is 0 Å². The lowest BCUT2D eigenvalue weighted by Gasteiger charge is -2.73. The molecule has 1 saturated heterocycles. The lowest BCUT2D eigenvalue weighted by Crippen LogP contribution is -2.66.